The Morgan fingerprint density at radius 2 is 1.57 bits per heavy atom. The normalized spacial score (nSPS) is 10.2. The molecule has 0 saturated heterocycles. The van der Waals surface area contributed by atoms with Gasteiger partial charge in [0.1, 0.15) is 0 Å². The van der Waals surface area contributed by atoms with Crippen LogP contribution in [0.4, 0.5) is 17.1 Å². The molecule has 2 aromatic carbocycles. The first kappa shape index (κ1) is 20.7. The number of furan rings is 1. The van der Waals surface area contributed by atoms with Crippen molar-refractivity contribution >= 4 is 34.8 Å². The second kappa shape index (κ2) is 9.92. The highest BCUT2D eigenvalue weighted by Crippen LogP contribution is 2.16. The summed E-state index contributed by atoms with van der Waals surface area (Å²) in [6, 6.07) is 16.9. The number of carbonyl (C=O) groups excluding carboxylic acids is 3. The SMILES string of the molecule is CCNC(=O)c1cccc(NCC(=O)Nc2cccc(NC(=O)c3ccco3)c2)c1. The fourth-order valence-electron chi connectivity index (χ4n) is 2.70. The van der Waals surface area contributed by atoms with Gasteiger partial charge in [0.05, 0.1) is 12.8 Å². The highest BCUT2D eigenvalue weighted by molar-refractivity contribution is 6.03. The van der Waals surface area contributed by atoms with Crippen molar-refractivity contribution in [1.29, 1.82) is 0 Å². The van der Waals surface area contributed by atoms with Crippen molar-refractivity contribution < 1.29 is 18.8 Å². The van der Waals surface area contributed by atoms with E-state index in [4.69, 9.17) is 4.42 Å². The minimum Gasteiger partial charge on any atom is -0.459 e. The van der Waals surface area contributed by atoms with Crippen LogP contribution >= 0.6 is 0 Å². The molecular weight excluding hydrogens is 384 g/mol. The van der Waals surface area contributed by atoms with Gasteiger partial charge in [-0.2, -0.15) is 0 Å². The third-order valence-corrected chi connectivity index (χ3v) is 4.06. The molecule has 1 heterocycles. The van der Waals surface area contributed by atoms with Crippen LogP contribution in [0.3, 0.4) is 0 Å². The number of nitrogens with one attached hydrogen (secondary N) is 4. The third-order valence-electron chi connectivity index (χ3n) is 4.06. The predicted octanol–water partition coefficient (Wildman–Crippen LogP) is 3.33. The maximum absolute atomic E-state index is 12.3. The summed E-state index contributed by atoms with van der Waals surface area (Å²) in [6.07, 6.45) is 1.42. The maximum Gasteiger partial charge on any atom is 0.291 e. The zero-order chi connectivity index (χ0) is 21.3. The van der Waals surface area contributed by atoms with Gasteiger partial charge >= 0.3 is 0 Å². The molecular formula is C22H22N4O4. The average Bonchev–Trinajstić information content (AvgIpc) is 3.28. The molecule has 8 nitrogen and oxygen atoms in total. The average molecular weight is 406 g/mol. The Labute approximate surface area is 173 Å². The van der Waals surface area contributed by atoms with Crippen LogP contribution < -0.4 is 21.3 Å². The maximum atomic E-state index is 12.3. The Morgan fingerprint density at radius 3 is 2.30 bits per heavy atom. The van der Waals surface area contributed by atoms with Gasteiger partial charge in [0.2, 0.25) is 5.91 Å². The van der Waals surface area contributed by atoms with Crippen molar-refractivity contribution in [2.75, 3.05) is 29.0 Å². The van der Waals surface area contributed by atoms with Gasteiger partial charge in [0.25, 0.3) is 11.8 Å². The van der Waals surface area contributed by atoms with E-state index in [1.165, 1.54) is 6.26 Å². The van der Waals surface area contributed by atoms with Gasteiger partial charge in [-0.1, -0.05) is 12.1 Å². The van der Waals surface area contributed by atoms with Crippen molar-refractivity contribution in [3.8, 4) is 0 Å². The smallest absolute Gasteiger partial charge is 0.291 e. The van der Waals surface area contributed by atoms with Crippen LogP contribution in [0.5, 0.6) is 0 Å². The molecule has 0 saturated carbocycles. The second-order valence-electron chi connectivity index (χ2n) is 6.35. The molecule has 1 aromatic heterocycles. The standard InChI is InChI=1S/C22H22N4O4/c1-2-23-21(28)15-6-3-7-16(12-15)24-14-20(27)25-17-8-4-9-18(13-17)26-22(29)19-10-5-11-30-19/h3-13,24H,2,14H2,1H3,(H,23,28)(H,25,27)(H,26,29). The highest BCUT2D eigenvalue weighted by atomic mass is 16.3. The largest absolute Gasteiger partial charge is 0.459 e. The quantitative estimate of drug-likeness (QED) is 0.458. The van der Waals surface area contributed by atoms with Crippen LogP contribution in [0.2, 0.25) is 0 Å². The molecule has 0 atom stereocenters. The van der Waals surface area contributed by atoms with Crippen molar-refractivity contribution in [2.45, 2.75) is 6.92 Å². The summed E-state index contributed by atoms with van der Waals surface area (Å²) in [5, 5.41) is 11.2. The summed E-state index contributed by atoms with van der Waals surface area (Å²) in [6.45, 7) is 2.41. The molecule has 0 spiro atoms. The molecule has 30 heavy (non-hydrogen) atoms. The zero-order valence-electron chi connectivity index (χ0n) is 16.4. The molecule has 0 bridgehead atoms. The molecule has 0 unspecified atom stereocenters. The molecule has 0 aliphatic heterocycles. The molecule has 154 valence electrons. The van der Waals surface area contributed by atoms with Gasteiger partial charge < -0.3 is 25.7 Å². The molecule has 8 heteroatoms. The number of benzene rings is 2. The fourth-order valence-corrected chi connectivity index (χ4v) is 2.70. The monoisotopic (exact) mass is 406 g/mol. The van der Waals surface area contributed by atoms with Gasteiger partial charge in [0.15, 0.2) is 5.76 Å². The third kappa shape index (κ3) is 5.71. The van der Waals surface area contributed by atoms with Crippen LogP contribution in [-0.4, -0.2) is 30.8 Å². The molecule has 0 radical (unpaired) electrons. The Balaban J connectivity index is 1.54. The second-order valence-corrected chi connectivity index (χ2v) is 6.35. The summed E-state index contributed by atoms with van der Waals surface area (Å²) in [5.41, 5.74) is 2.24. The Morgan fingerprint density at radius 1 is 0.833 bits per heavy atom. The van der Waals surface area contributed by atoms with Gasteiger partial charge in [-0.3, -0.25) is 14.4 Å². The van der Waals surface area contributed by atoms with Gasteiger partial charge in [-0.25, -0.2) is 0 Å². The Bertz CT molecular complexity index is 1030. The van der Waals surface area contributed by atoms with Crippen LogP contribution in [0.15, 0.2) is 71.3 Å². The van der Waals surface area contributed by atoms with Crippen molar-refractivity contribution in [3.63, 3.8) is 0 Å². The summed E-state index contributed by atoms with van der Waals surface area (Å²) < 4.78 is 5.06. The van der Waals surface area contributed by atoms with E-state index in [0.29, 0.717) is 29.2 Å². The predicted molar refractivity (Wildman–Crippen MR) is 115 cm³/mol. The summed E-state index contributed by atoms with van der Waals surface area (Å²) in [5.74, 6) is -0.618. The molecule has 0 aliphatic carbocycles. The number of carbonyl (C=O) groups is 3. The summed E-state index contributed by atoms with van der Waals surface area (Å²) in [4.78, 5) is 36.2. The first-order chi connectivity index (χ1) is 14.5. The van der Waals surface area contributed by atoms with E-state index < -0.39 is 0 Å². The summed E-state index contributed by atoms with van der Waals surface area (Å²) >= 11 is 0. The van der Waals surface area contributed by atoms with Crippen LogP contribution in [-0.2, 0) is 4.79 Å². The molecule has 4 N–H and O–H groups in total. The first-order valence-electron chi connectivity index (χ1n) is 9.42. The number of hydrogen-bond acceptors (Lipinski definition) is 5. The Kier molecular flexibility index (Phi) is 6.83. The minimum atomic E-state index is -0.378. The molecule has 3 amide bonds. The molecule has 0 fully saturated rings. The lowest BCUT2D eigenvalue weighted by Gasteiger charge is -2.10. The van der Waals surface area contributed by atoms with E-state index in [2.05, 4.69) is 21.3 Å². The van der Waals surface area contributed by atoms with Crippen molar-refractivity contribution in [2.24, 2.45) is 0 Å². The van der Waals surface area contributed by atoms with Crippen LogP contribution in [0.1, 0.15) is 27.8 Å². The van der Waals surface area contributed by atoms with E-state index in [1.807, 2.05) is 6.92 Å². The molecule has 0 aliphatic rings. The van der Waals surface area contributed by atoms with E-state index in [9.17, 15) is 14.4 Å². The molecule has 3 rings (SSSR count). The van der Waals surface area contributed by atoms with E-state index in [1.54, 1.807) is 60.7 Å². The lowest BCUT2D eigenvalue weighted by atomic mass is 10.2. The van der Waals surface area contributed by atoms with Crippen molar-refractivity contribution in [1.82, 2.24) is 5.32 Å². The van der Waals surface area contributed by atoms with Crippen LogP contribution in [0, 0.1) is 0 Å². The minimum absolute atomic E-state index is 0.0157. The van der Waals surface area contributed by atoms with Crippen LogP contribution in [0.25, 0.3) is 0 Å². The van der Waals surface area contributed by atoms with E-state index >= 15 is 0 Å². The van der Waals surface area contributed by atoms with Crippen molar-refractivity contribution in [3.05, 3.63) is 78.3 Å². The number of anilines is 3. The van der Waals surface area contributed by atoms with Gasteiger partial charge in [-0.15, -0.1) is 0 Å². The van der Waals surface area contributed by atoms with E-state index in [0.717, 1.165) is 0 Å². The number of hydrogen-bond donors (Lipinski definition) is 4. The molecule has 3 aromatic rings. The topological polar surface area (TPSA) is 112 Å². The van der Waals surface area contributed by atoms with Gasteiger partial charge in [-0.05, 0) is 55.5 Å². The number of amides is 3. The highest BCUT2D eigenvalue weighted by Gasteiger charge is 2.10. The lowest BCUT2D eigenvalue weighted by Crippen LogP contribution is -2.23. The van der Waals surface area contributed by atoms with E-state index in [-0.39, 0.29) is 30.0 Å². The van der Waals surface area contributed by atoms with Gasteiger partial charge in [0, 0.05) is 29.2 Å². The first-order valence-corrected chi connectivity index (χ1v) is 9.42. The summed E-state index contributed by atoms with van der Waals surface area (Å²) in [7, 11) is 0. The number of rotatable bonds is 8. The zero-order valence-corrected chi connectivity index (χ0v) is 16.4. The Hall–Kier alpha value is -4.07. The fraction of sp³-hybridized carbons (Fsp3) is 0.136. The lowest BCUT2D eigenvalue weighted by molar-refractivity contribution is -0.114.